The number of nitrogens with two attached hydrogens (primary N) is 1. The molecule has 2 N–H and O–H groups in total. The lowest BCUT2D eigenvalue weighted by Crippen LogP contribution is -2.36. The van der Waals surface area contributed by atoms with Crippen molar-refractivity contribution < 1.29 is 9.32 Å². The first kappa shape index (κ1) is 13.0. The third-order valence-corrected chi connectivity index (χ3v) is 3.59. The number of carbonyl (C=O) groups is 1. The molecule has 1 atom stereocenters. The number of aromatic nitrogens is 2. The minimum atomic E-state index is -0.200. The first-order valence-corrected chi connectivity index (χ1v) is 6.39. The van der Waals surface area contributed by atoms with Crippen molar-refractivity contribution in [1.82, 2.24) is 15.0 Å². The van der Waals surface area contributed by atoms with Gasteiger partial charge in [0.1, 0.15) is 0 Å². The van der Waals surface area contributed by atoms with E-state index in [1.807, 2.05) is 6.92 Å². The Morgan fingerprint density at radius 3 is 2.72 bits per heavy atom. The van der Waals surface area contributed by atoms with E-state index in [1.165, 1.54) is 0 Å². The predicted octanol–water partition coefficient (Wildman–Crippen LogP) is 1.03. The van der Waals surface area contributed by atoms with Crippen molar-refractivity contribution in [3.63, 3.8) is 0 Å². The summed E-state index contributed by atoms with van der Waals surface area (Å²) >= 11 is 0. The summed E-state index contributed by atoms with van der Waals surface area (Å²) in [5.41, 5.74) is 5.23. The van der Waals surface area contributed by atoms with Gasteiger partial charge in [-0.05, 0) is 45.7 Å². The summed E-state index contributed by atoms with van der Waals surface area (Å²) in [6, 6.07) is 0.140. The zero-order valence-electron chi connectivity index (χ0n) is 10.9. The Morgan fingerprint density at radius 1 is 1.56 bits per heavy atom. The molecule has 1 amide bonds. The lowest BCUT2D eigenvalue weighted by molar-refractivity contribution is -0.119. The van der Waals surface area contributed by atoms with Crippen LogP contribution in [0.25, 0.3) is 0 Å². The fourth-order valence-corrected chi connectivity index (χ4v) is 2.47. The molecule has 1 aromatic rings. The van der Waals surface area contributed by atoms with Crippen LogP contribution in [0.15, 0.2) is 4.52 Å². The van der Waals surface area contributed by atoms with Crippen LogP contribution in [-0.2, 0) is 4.79 Å². The van der Waals surface area contributed by atoms with Crippen LogP contribution in [0.3, 0.4) is 0 Å². The van der Waals surface area contributed by atoms with Crippen molar-refractivity contribution in [2.45, 2.75) is 39.2 Å². The number of rotatable bonds is 4. The van der Waals surface area contributed by atoms with Gasteiger partial charge in [0, 0.05) is 6.42 Å². The Labute approximate surface area is 107 Å². The van der Waals surface area contributed by atoms with Crippen molar-refractivity contribution in [1.29, 1.82) is 0 Å². The normalized spacial score (nSPS) is 19.9. The van der Waals surface area contributed by atoms with Crippen molar-refractivity contribution in [2.24, 2.45) is 11.7 Å². The first-order chi connectivity index (χ1) is 8.56. The molecule has 18 heavy (non-hydrogen) atoms. The average Bonchev–Trinajstić information content (AvgIpc) is 2.75. The van der Waals surface area contributed by atoms with Gasteiger partial charge < -0.3 is 10.3 Å². The third kappa shape index (κ3) is 3.07. The van der Waals surface area contributed by atoms with E-state index in [2.05, 4.69) is 22.0 Å². The molecule has 2 rings (SSSR count). The van der Waals surface area contributed by atoms with Crippen LogP contribution in [0.4, 0.5) is 0 Å². The number of amides is 1. The summed E-state index contributed by atoms with van der Waals surface area (Å²) < 4.78 is 5.19. The Bertz CT molecular complexity index is 410. The maximum absolute atomic E-state index is 10.9. The summed E-state index contributed by atoms with van der Waals surface area (Å²) in [6.07, 6.45) is 2.50. The number of likely N-dealkylation sites (tertiary alicyclic amines) is 1. The highest BCUT2D eigenvalue weighted by atomic mass is 16.5. The number of carbonyl (C=O) groups excluding carboxylic acids is 1. The average molecular weight is 252 g/mol. The molecular weight excluding hydrogens is 232 g/mol. The number of piperidine rings is 1. The Balaban J connectivity index is 1.87. The SMILES string of the molecule is Cc1noc([C@@H](C)N2CCC(CC(N)=O)CC2)n1. The minimum Gasteiger partial charge on any atom is -0.370 e. The molecule has 0 spiro atoms. The van der Waals surface area contributed by atoms with Gasteiger partial charge in [-0.25, -0.2) is 0 Å². The molecule has 1 aliphatic rings. The van der Waals surface area contributed by atoms with Gasteiger partial charge in [-0.15, -0.1) is 0 Å². The molecular formula is C12H20N4O2. The minimum absolute atomic E-state index is 0.140. The quantitative estimate of drug-likeness (QED) is 0.865. The Kier molecular flexibility index (Phi) is 3.96. The van der Waals surface area contributed by atoms with E-state index in [0.717, 1.165) is 25.9 Å². The zero-order valence-corrected chi connectivity index (χ0v) is 10.9. The third-order valence-electron chi connectivity index (χ3n) is 3.59. The van der Waals surface area contributed by atoms with E-state index in [9.17, 15) is 4.79 Å². The van der Waals surface area contributed by atoms with Gasteiger partial charge in [0.15, 0.2) is 5.82 Å². The number of aryl methyl sites for hydroxylation is 1. The number of primary amides is 1. The fourth-order valence-electron chi connectivity index (χ4n) is 2.47. The Hall–Kier alpha value is -1.43. The lowest BCUT2D eigenvalue weighted by atomic mass is 9.92. The molecule has 1 fully saturated rings. The van der Waals surface area contributed by atoms with Gasteiger partial charge in [-0.2, -0.15) is 4.98 Å². The highest BCUT2D eigenvalue weighted by Crippen LogP contribution is 2.26. The molecule has 100 valence electrons. The molecule has 0 aromatic carbocycles. The zero-order chi connectivity index (χ0) is 13.1. The van der Waals surface area contributed by atoms with Crippen LogP contribution >= 0.6 is 0 Å². The molecule has 1 aromatic heterocycles. The summed E-state index contributed by atoms with van der Waals surface area (Å²) in [7, 11) is 0. The Morgan fingerprint density at radius 2 is 2.22 bits per heavy atom. The van der Waals surface area contributed by atoms with Crippen LogP contribution in [0.5, 0.6) is 0 Å². The van der Waals surface area contributed by atoms with Gasteiger partial charge in [-0.1, -0.05) is 5.16 Å². The molecule has 0 radical (unpaired) electrons. The maximum atomic E-state index is 10.9. The molecule has 1 saturated heterocycles. The second-order valence-electron chi connectivity index (χ2n) is 5.01. The monoisotopic (exact) mass is 252 g/mol. The van der Waals surface area contributed by atoms with Gasteiger partial charge in [0.2, 0.25) is 11.8 Å². The second-order valence-corrected chi connectivity index (χ2v) is 5.01. The molecule has 6 heteroatoms. The van der Waals surface area contributed by atoms with E-state index >= 15 is 0 Å². The molecule has 0 unspecified atom stereocenters. The van der Waals surface area contributed by atoms with E-state index < -0.39 is 0 Å². The largest absolute Gasteiger partial charge is 0.370 e. The smallest absolute Gasteiger partial charge is 0.243 e. The highest BCUT2D eigenvalue weighted by molar-refractivity contribution is 5.73. The summed E-state index contributed by atoms with van der Waals surface area (Å²) in [6.45, 7) is 5.78. The van der Waals surface area contributed by atoms with Crippen molar-refractivity contribution in [3.05, 3.63) is 11.7 Å². The van der Waals surface area contributed by atoms with Crippen LogP contribution in [0.1, 0.15) is 43.9 Å². The molecule has 6 nitrogen and oxygen atoms in total. The molecule has 0 bridgehead atoms. The van der Waals surface area contributed by atoms with Crippen molar-refractivity contribution in [3.8, 4) is 0 Å². The molecule has 1 aliphatic heterocycles. The van der Waals surface area contributed by atoms with Crippen LogP contribution in [0.2, 0.25) is 0 Å². The first-order valence-electron chi connectivity index (χ1n) is 6.39. The van der Waals surface area contributed by atoms with E-state index in [0.29, 0.717) is 24.1 Å². The van der Waals surface area contributed by atoms with Crippen molar-refractivity contribution in [2.75, 3.05) is 13.1 Å². The number of nitrogens with zero attached hydrogens (tertiary/aromatic N) is 3. The van der Waals surface area contributed by atoms with E-state index in [-0.39, 0.29) is 11.9 Å². The molecule has 2 heterocycles. The fraction of sp³-hybridized carbons (Fsp3) is 0.750. The van der Waals surface area contributed by atoms with Crippen molar-refractivity contribution >= 4 is 5.91 Å². The molecule has 0 saturated carbocycles. The predicted molar refractivity (Wildman–Crippen MR) is 65.6 cm³/mol. The summed E-state index contributed by atoms with van der Waals surface area (Å²) in [5.74, 6) is 1.56. The van der Waals surface area contributed by atoms with E-state index in [4.69, 9.17) is 10.3 Å². The van der Waals surface area contributed by atoms with Gasteiger partial charge >= 0.3 is 0 Å². The van der Waals surface area contributed by atoms with Crippen LogP contribution in [0, 0.1) is 12.8 Å². The lowest BCUT2D eigenvalue weighted by Gasteiger charge is -2.34. The van der Waals surface area contributed by atoms with Crippen LogP contribution in [-0.4, -0.2) is 34.0 Å². The molecule has 0 aliphatic carbocycles. The number of hydrogen-bond donors (Lipinski definition) is 1. The van der Waals surface area contributed by atoms with Gasteiger partial charge in [-0.3, -0.25) is 9.69 Å². The second kappa shape index (κ2) is 5.48. The van der Waals surface area contributed by atoms with Crippen LogP contribution < -0.4 is 5.73 Å². The van der Waals surface area contributed by atoms with E-state index in [1.54, 1.807) is 0 Å². The number of hydrogen-bond acceptors (Lipinski definition) is 5. The summed E-state index contributed by atoms with van der Waals surface area (Å²) in [4.78, 5) is 17.5. The topological polar surface area (TPSA) is 85.3 Å². The maximum Gasteiger partial charge on any atom is 0.243 e. The van der Waals surface area contributed by atoms with Gasteiger partial charge in [0.05, 0.1) is 6.04 Å². The standard InChI is InChI=1S/C12H20N4O2/c1-8(12-14-9(2)15-18-12)16-5-3-10(4-6-16)7-11(13)17/h8,10H,3-7H2,1-2H3,(H2,13,17)/t8-/m1/s1. The highest BCUT2D eigenvalue weighted by Gasteiger charge is 2.26. The van der Waals surface area contributed by atoms with Gasteiger partial charge in [0.25, 0.3) is 0 Å². The summed E-state index contributed by atoms with van der Waals surface area (Å²) in [5, 5.41) is 3.81.